The summed E-state index contributed by atoms with van der Waals surface area (Å²) in [5, 5.41) is 1.65. The van der Waals surface area contributed by atoms with E-state index in [9.17, 15) is 4.79 Å². The fourth-order valence-electron chi connectivity index (χ4n) is 4.13. The van der Waals surface area contributed by atoms with E-state index in [1.165, 1.54) is 10.4 Å². The SMILES string of the molecule is C=CCSc1nc2sc3c(c2c(=O)n1Cc1ccccc1)CCC(C(C)(C)C)C3. The molecule has 2 heterocycles. The van der Waals surface area contributed by atoms with Crippen molar-refractivity contribution in [3.05, 3.63) is 69.3 Å². The monoisotopic (exact) mass is 424 g/mol. The fraction of sp³-hybridized carbons (Fsp3) is 0.417. The van der Waals surface area contributed by atoms with Gasteiger partial charge in [0.1, 0.15) is 4.83 Å². The first-order valence-electron chi connectivity index (χ1n) is 10.2. The van der Waals surface area contributed by atoms with Crippen molar-refractivity contribution >= 4 is 33.3 Å². The van der Waals surface area contributed by atoms with Crippen LogP contribution in [-0.4, -0.2) is 15.3 Å². The average molecular weight is 425 g/mol. The molecule has 29 heavy (non-hydrogen) atoms. The molecular weight excluding hydrogens is 396 g/mol. The van der Waals surface area contributed by atoms with Crippen LogP contribution in [-0.2, 0) is 19.4 Å². The predicted octanol–water partition coefficient (Wildman–Crippen LogP) is 5.94. The zero-order valence-electron chi connectivity index (χ0n) is 17.4. The van der Waals surface area contributed by atoms with Gasteiger partial charge in [-0.3, -0.25) is 9.36 Å². The lowest BCUT2D eigenvalue weighted by Crippen LogP contribution is -2.27. The van der Waals surface area contributed by atoms with Crippen LogP contribution in [0.15, 0.2) is 52.9 Å². The molecular formula is C24H28N2OS2. The molecule has 0 aliphatic heterocycles. The van der Waals surface area contributed by atoms with E-state index < -0.39 is 0 Å². The Balaban J connectivity index is 1.83. The Bertz CT molecular complexity index is 1090. The quantitative estimate of drug-likeness (QED) is 0.289. The van der Waals surface area contributed by atoms with E-state index in [1.54, 1.807) is 23.1 Å². The van der Waals surface area contributed by atoms with Gasteiger partial charge < -0.3 is 0 Å². The molecule has 1 unspecified atom stereocenters. The Morgan fingerprint density at radius 3 is 2.76 bits per heavy atom. The van der Waals surface area contributed by atoms with Crippen molar-refractivity contribution in [1.82, 2.24) is 9.55 Å². The number of rotatable bonds is 5. The van der Waals surface area contributed by atoms with Gasteiger partial charge in [0, 0.05) is 10.6 Å². The number of benzene rings is 1. The Morgan fingerprint density at radius 1 is 1.31 bits per heavy atom. The molecule has 4 rings (SSSR count). The Labute approximate surface area is 180 Å². The smallest absolute Gasteiger partial charge is 0.263 e. The molecule has 1 aromatic carbocycles. The highest BCUT2D eigenvalue weighted by Gasteiger charge is 2.32. The van der Waals surface area contributed by atoms with E-state index in [4.69, 9.17) is 4.98 Å². The van der Waals surface area contributed by atoms with Crippen LogP contribution in [0, 0.1) is 11.3 Å². The van der Waals surface area contributed by atoms with Gasteiger partial charge in [-0.15, -0.1) is 17.9 Å². The number of hydrogen-bond acceptors (Lipinski definition) is 4. The minimum Gasteiger partial charge on any atom is -0.283 e. The van der Waals surface area contributed by atoms with E-state index in [0.717, 1.165) is 46.0 Å². The number of hydrogen-bond donors (Lipinski definition) is 0. The number of nitrogens with zero attached hydrogens (tertiary/aromatic N) is 2. The molecule has 5 heteroatoms. The topological polar surface area (TPSA) is 34.9 Å². The number of fused-ring (bicyclic) bond motifs is 3. The third-order valence-corrected chi connectivity index (χ3v) is 7.99. The number of thioether (sulfide) groups is 1. The van der Waals surface area contributed by atoms with Crippen molar-refractivity contribution in [2.75, 3.05) is 5.75 Å². The summed E-state index contributed by atoms with van der Waals surface area (Å²) in [6, 6.07) is 10.2. The maximum absolute atomic E-state index is 13.6. The predicted molar refractivity (Wildman–Crippen MR) is 125 cm³/mol. The molecule has 0 amide bonds. The molecule has 1 aliphatic carbocycles. The third-order valence-electron chi connectivity index (χ3n) is 5.87. The normalized spacial score (nSPS) is 16.7. The highest BCUT2D eigenvalue weighted by atomic mass is 32.2. The second kappa shape index (κ2) is 8.11. The van der Waals surface area contributed by atoms with Crippen LogP contribution in [0.5, 0.6) is 0 Å². The molecule has 1 atom stereocenters. The molecule has 0 saturated carbocycles. The van der Waals surface area contributed by atoms with Gasteiger partial charge in [0.05, 0.1) is 11.9 Å². The van der Waals surface area contributed by atoms with E-state index >= 15 is 0 Å². The second-order valence-electron chi connectivity index (χ2n) is 8.86. The van der Waals surface area contributed by atoms with Crippen LogP contribution >= 0.6 is 23.1 Å². The number of aryl methyl sites for hydroxylation is 1. The molecule has 3 nitrogen and oxygen atoms in total. The van der Waals surface area contributed by atoms with E-state index in [1.807, 2.05) is 28.8 Å². The van der Waals surface area contributed by atoms with Gasteiger partial charge in [-0.25, -0.2) is 4.98 Å². The van der Waals surface area contributed by atoms with Gasteiger partial charge in [-0.1, -0.05) is 68.9 Å². The Hall–Kier alpha value is -1.85. The molecule has 0 spiro atoms. The summed E-state index contributed by atoms with van der Waals surface area (Å²) in [7, 11) is 0. The lowest BCUT2D eigenvalue weighted by atomic mass is 9.72. The summed E-state index contributed by atoms with van der Waals surface area (Å²) in [6.07, 6.45) is 5.06. The lowest BCUT2D eigenvalue weighted by molar-refractivity contribution is 0.218. The van der Waals surface area contributed by atoms with Crippen molar-refractivity contribution < 1.29 is 0 Å². The van der Waals surface area contributed by atoms with Crippen LogP contribution in [0.4, 0.5) is 0 Å². The van der Waals surface area contributed by atoms with Crippen LogP contribution in [0.3, 0.4) is 0 Å². The standard InChI is InChI=1S/C24H28N2OS2/c1-5-13-28-23-25-21-20(22(27)26(23)15-16-9-7-6-8-10-16)18-12-11-17(24(2,3)4)14-19(18)29-21/h5-10,17H,1,11-15H2,2-4H3. The van der Waals surface area contributed by atoms with E-state index in [-0.39, 0.29) is 5.56 Å². The minimum absolute atomic E-state index is 0.108. The zero-order valence-corrected chi connectivity index (χ0v) is 19.0. The molecule has 0 saturated heterocycles. The number of thiophene rings is 1. The Kier molecular flexibility index (Phi) is 5.71. The summed E-state index contributed by atoms with van der Waals surface area (Å²) in [5.74, 6) is 1.40. The van der Waals surface area contributed by atoms with Crippen LogP contribution < -0.4 is 5.56 Å². The van der Waals surface area contributed by atoms with Crippen LogP contribution in [0.25, 0.3) is 10.2 Å². The molecule has 0 fully saturated rings. The maximum atomic E-state index is 13.6. The highest BCUT2D eigenvalue weighted by Crippen LogP contribution is 2.42. The zero-order chi connectivity index (χ0) is 20.6. The van der Waals surface area contributed by atoms with Crippen molar-refractivity contribution in [2.24, 2.45) is 11.3 Å². The fourth-order valence-corrected chi connectivity index (χ4v) is 6.20. The first kappa shape index (κ1) is 20.4. The molecule has 152 valence electrons. The molecule has 1 aliphatic rings. The summed E-state index contributed by atoms with van der Waals surface area (Å²) in [4.78, 5) is 20.9. The van der Waals surface area contributed by atoms with Gasteiger partial charge in [-0.2, -0.15) is 0 Å². The summed E-state index contributed by atoms with van der Waals surface area (Å²) >= 11 is 3.32. The van der Waals surface area contributed by atoms with Crippen molar-refractivity contribution in [3.63, 3.8) is 0 Å². The minimum atomic E-state index is 0.108. The van der Waals surface area contributed by atoms with Gasteiger partial charge >= 0.3 is 0 Å². The Morgan fingerprint density at radius 2 is 2.07 bits per heavy atom. The molecule has 0 bridgehead atoms. The van der Waals surface area contributed by atoms with Crippen molar-refractivity contribution in [3.8, 4) is 0 Å². The highest BCUT2D eigenvalue weighted by molar-refractivity contribution is 7.99. The van der Waals surface area contributed by atoms with Crippen LogP contribution in [0.1, 0.15) is 43.2 Å². The molecule has 0 N–H and O–H groups in total. The molecule has 2 aromatic heterocycles. The van der Waals surface area contributed by atoms with Gasteiger partial charge in [0.2, 0.25) is 0 Å². The van der Waals surface area contributed by atoms with Gasteiger partial charge in [0.15, 0.2) is 5.16 Å². The first-order chi connectivity index (χ1) is 13.9. The average Bonchev–Trinajstić information content (AvgIpc) is 3.06. The summed E-state index contributed by atoms with van der Waals surface area (Å²) < 4.78 is 1.86. The third kappa shape index (κ3) is 4.08. The molecule has 0 radical (unpaired) electrons. The second-order valence-corrected chi connectivity index (χ2v) is 10.9. The molecule has 3 aromatic rings. The lowest BCUT2D eigenvalue weighted by Gasteiger charge is -2.33. The van der Waals surface area contributed by atoms with Crippen molar-refractivity contribution in [1.29, 1.82) is 0 Å². The summed E-state index contributed by atoms with van der Waals surface area (Å²) in [6.45, 7) is 11.4. The van der Waals surface area contributed by atoms with E-state index in [0.29, 0.717) is 17.9 Å². The number of aromatic nitrogens is 2. The van der Waals surface area contributed by atoms with Crippen LogP contribution in [0.2, 0.25) is 0 Å². The first-order valence-corrected chi connectivity index (χ1v) is 12.0. The maximum Gasteiger partial charge on any atom is 0.263 e. The van der Waals surface area contributed by atoms with Crippen molar-refractivity contribution in [2.45, 2.75) is 51.7 Å². The van der Waals surface area contributed by atoms with Gasteiger partial charge in [-0.05, 0) is 41.7 Å². The summed E-state index contributed by atoms with van der Waals surface area (Å²) in [5.41, 5.74) is 2.77. The van der Waals surface area contributed by atoms with Gasteiger partial charge in [0.25, 0.3) is 5.56 Å². The van der Waals surface area contributed by atoms with E-state index in [2.05, 4.69) is 39.5 Å². The largest absolute Gasteiger partial charge is 0.283 e.